The number of nitrogens with two attached hydrogens (primary N) is 1. The van der Waals surface area contributed by atoms with E-state index in [2.05, 4.69) is 38.9 Å². The molecule has 13 heteroatoms. The zero-order valence-corrected chi connectivity index (χ0v) is 19.1. The van der Waals surface area contributed by atoms with E-state index < -0.39 is 12.1 Å². The number of aliphatic carboxylic acids is 1. The van der Waals surface area contributed by atoms with E-state index >= 15 is 0 Å². The Labute approximate surface area is 191 Å². The number of halogens is 3. The molecule has 33 heavy (non-hydrogen) atoms. The van der Waals surface area contributed by atoms with E-state index in [0.717, 1.165) is 57.4 Å². The van der Waals surface area contributed by atoms with E-state index in [-0.39, 0.29) is 17.7 Å². The molecular formula is C20H33F3N6O4. The summed E-state index contributed by atoms with van der Waals surface area (Å²) in [5, 5.41) is 10.5. The first-order chi connectivity index (χ1) is 15.4. The minimum absolute atomic E-state index is 0.0643. The zero-order valence-electron chi connectivity index (χ0n) is 19.1. The van der Waals surface area contributed by atoms with Crippen LogP contribution in [0.2, 0.25) is 0 Å². The number of carboxylic acid groups (broad SMARTS) is 1. The number of carbonyl (C=O) groups is 1. The van der Waals surface area contributed by atoms with Crippen molar-refractivity contribution in [2.45, 2.75) is 44.2 Å². The highest BCUT2D eigenvalue weighted by Gasteiger charge is 2.38. The summed E-state index contributed by atoms with van der Waals surface area (Å²) in [7, 11) is 1.75. The molecule has 0 amide bonds. The summed E-state index contributed by atoms with van der Waals surface area (Å²) >= 11 is 0. The second-order valence-corrected chi connectivity index (χ2v) is 8.51. The highest BCUT2D eigenvalue weighted by molar-refractivity contribution is 5.73. The largest absolute Gasteiger partial charge is 0.490 e. The van der Waals surface area contributed by atoms with Crippen LogP contribution >= 0.6 is 0 Å². The summed E-state index contributed by atoms with van der Waals surface area (Å²) in [6, 6.07) is 2.27. The molecule has 2 aliphatic rings. The number of nitrogens with zero attached hydrogens (tertiary/aromatic N) is 4. The summed E-state index contributed by atoms with van der Waals surface area (Å²) in [4.78, 5) is 22.3. The van der Waals surface area contributed by atoms with Crippen molar-refractivity contribution >= 4 is 17.6 Å². The van der Waals surface area contributed by atoms with Crippen LogP contribution in [0.15, 0.2) is 12.4 Å². The highest BCUT2D eigenvalue weighted by atomic mass is 19.4. The molecule has 10 nitrogen and oxygen atoms in total. The van der Waals surface area contributed by atoms with E-state index in [9.17, 15) is 13.2 Å². The number of nitrogens with one attached hydrogen (secondary N) is 1. The molecule has 0 aromatic carbocycles. The van der Waals surface area contributed by atoms with E-state index in [1.165, 1.54) is 0 Å². The van der Waals surface area contributed by atoms with E-state index in [4.69, 9.17) is 25.1 Å². The Hall–Kier alpha value is -2.22. The molecule has 4 N–H and O–H groups in total. The van der Waals surface area contributed by atoms with Crippen molar-refractivity contribution in [2.24, 2.45) is 5.73 Å². The van der Waals surface area contributed by atoms with Gasteiger partial charge in [0.2, 0.25) is 0 Å². The summed E-state index contributed by atoms with van der Waals surface area (Å²) in [5.41, 5.74) is 5.86. The fraction of sp³-hybridized carbons (Fsp3) is 0.750. The van der Waals surface area contributed by atoms with Crippen LogP contribution in [0, 0.1) is 0 Å². The van der Waals surface area contributed by atoms with Crippen molar-refractivity contribution < 1.29 is 32.5 Å². The van der Waals surface area contributed by atoms with Crippen LogP contribution in [0.3, 0.4) is 0 Å². The van der Waals surface area contributed by atoms with Gasteiger partial charge in [-0.3, -0.25) is 4.90 Å². The lowest BCUT2D eigenvalue weighted by Gasteiger charge is -2.38. The first-order valence-corrected chi connectivity index (χ1v) is 10.7. The second kappa shape index (κ2) is 11.8. The summed E-state index contributed by atoms with van der Waals surface area (Å²) < 4.78 is 43.0. The van der Waals surface area contributed by atoms with Crippen LogP contribution in [0.25, 0.3) is 0 Å². The van der Waals surface area contributed by atoms with Gasteiger partial charge < -0.3 is 30.5 Å². The van der Waals surface area contributed by atoms with Crippen molar-refractivity contribution in [2.75, 3.05) is 63.2 Å². The molecule has 1 aromatic rings. The number of morpholine rings is 1. The lowest BCUT2D eigenvalue weighted by Crippen LogP contribution is -2.49. The SMILES string of the molecule is CO[C@H]1C[C@@H](CN)N(c2cc(NCCN3CCOC(C)(C)C3)ncn2)C1.O=C(O)C(F)(F)F. The third kappa shape index (κ3) is 8.57. The molecule has 2 fully saturated rings. The molecule has 2 aliphatic heterocycles. The number of aromatic nitrogens is 2. The molecule has 188 valence electrons. The normalized spacial score (nSPS) is 23.1. The predicted molar refractivity (Wildman–Crippen MR) is 116 cm³/mol. The first kappa shape index (κ1) is 27.0. The summed E-state index contributed by atoms with van der Waals surface area (Å²) in [6.07, 6.45) is -2.32. The minimum atomic E-state index is -5.08. The molecule has 0 unspecified atom stereocenters. The molecule has 1 aromatic heterocycles. The van der Waals surface area contributed by atoms with Gasteiger partial charge in [-0.05, 0) is 20.3 Å². The van der Waals surface area contributed by atoms with Gasteiger partial charge in [0, 0.05) is 58.5 Å². The van der Waals surface area contributed by atoms with Gasteiger partial charge in [-0.1, -0.05) is 0 Å². The Balaban J connectivity index is 0.000000479. The van der Waals surface area contributed by atoms with Crippen molar-refractivity contribution in [3.63, 3.8) is 0 Å². The van der Waals surface area contributed by atoms with Crippen LogP contribution in [0.1, 0.15) is 20.3 Å². The number of carboxylic acids is 1. The molecule has 2 atom stereocenters. The molecular weight excluding hydrogens is 445 g/mol. The number of anilines is 2. The average Bonchev–Trinajstić information content (AvgIpc) is 3.17. The van der Waals surface area contributed by atoms with Crippen molar-refractivity contribution in [1.29, 1.82) is 0 Å². The molecule has 3 heterocycles. The van der Waals surface area contributed by atoms with Crippen molar-refractivity contribution in [3.05, 3.63) is 12.4 Å². The Morgan fingerprint density at radius 3 is 2.70 bits per heavy atom. The van der Waals surface area contributed by atoms with Crippen molar-refractivity contribution in [3.8, 4) is 0 Å². The molecule has 0 saturated carbocycles. The maximum atomic E-state index is 10.6. The van der Waals surface area contributed by atoms with Gasteiger partial charge >= 0.3 is 12.1 Å². The fourth-order valence-corrected chi connectivity index (χ4v) is 3.80. The molecule has 2 saturated heterocycles. The number of rotatable bonds is 7. The van der Waals surface area contributed by atoms with Crippen molar-refractivity contribution in [1.82, 2.24) is 14.9 Å². The Morgan fingerprint density at radius 2 is 2.12 bits per heavy atom. The summed E-state index contributed by atoms with van der Waals surface area (Å²) in [5.74, 6) is -1.00. The van der Waals surface area contributed by atoms with E-state index in [1.54, 1.807) is 13.4 Å². The van der Waals surface area contributed by atoms with Crippen LogP contribution in [-0.4, -0.2) is 103 Å². The fourth-order valence-electron chi connectivity index (χ4n) is 3.80. The van der Waals surface area contributed by atoms with Crippen LogP contribution < -0.4 is 16.0 Å². The maximum absolute atomic E-state index is 10.6. The van der Waals surface area contributed by atoms with Gasteiger partial charge in [0.05, 0.1) is 18.3 Å². The number of hydrogen-bond donors (Lipinski definition) is 3. The average molecular weight is 479 g/mol. The third-order valence-corrected chi connectivity index (χ3v) is 5.41. The van der Waals surface area contributed by atoms with Gasteiger partial charge in [0.25, 0.3) is 0 Å². The van der Waals surface area contributed by atoms with Crippen LogP contribution in [-0.2, 0) is 14.3 Å². The minimum Gasteiger partial charge on any atom is -0.475 e. The van der Waals surface area contributed by atoms with Gasteiger partial charge in [-0.2, -0.15) is 13.2 Å². The number of methoxy groups -OCH3 is 1. The zero-order chi connectivity index (χ0) is 24.6. The van der Waals surface area contributed by atoms with Gasteiger partial charge in [-0.25, -0.2) is 14.8 Å². The molecule has 0 bridgehead atoms. The smallest absolute Gasteiger partial charge is 0.475 e. The van der Waals surface area contributed by atoms with Gasteiger partial charge in [0.15, 0.2) is 0 Å². The first-order valence-electron chi connectivity index (χ1n) is 10.7. The lowest BCUT2D eigenvalue weighted by atomic mass is 10.1. The standard InChI is InChI=1S/C18H32N6O2.C2HF3O2/c1-18(2)12-23(6-7-26-18)5-4-20-16-9-17(22-13-21-16)24-11-15(25-3)8-14(24)10-19;3-2(4,5)1(6)7/h9,13-15H,4-8,10-12,19H2,1-3H3,(H,20,21,22);(H,6,7)/t14-,15-;/m0./s1. The van der Waals surface area contributed by atoms with Crippen LogP contribution in [0.5, 0.6) is 0 Å². The van der Waals surface area contributed by atoms with Gasteiger partial charge in [-0.15, -0.1) is 0 Å². The van der Waals surface area contributed by atoms with E-state index in [1.807, 2.05) is 6.07 Å². The molecule has 0 spiro atoms. The molecule has 0 aliphatic carbocycles. The quantitative estimate of drug-likeness (QED) is 0.526. The Morgan fingerprint density at radius 1 is 1.42 bits per heavy atom. The topological polar surface area (TPSA) is 126 Å². The predicted octanol–water partition coefficient (Wildman–Crippen LogP) is 1.19. The number of ether oxygens (including phenoxy) is 2. The Kier molecular flexibility index (Phi) is 9.64. The number of alkyl halides is 3. The third-order valence-electron chi connectivity index (χ3n) is 5.41. The van der Waals surface area contributed by atoms with Gasteiger partial charge in [0.1, 0.15) is 18.0 Å². The summed E-state index contributed by atoms with van der Waals surface area (Å²) in [6.45, 7) is 10.2. The second-order valence-electron chi connectivity index (χ2n) is 8.51. The number of hydrogen-bond acceptors (Lipinski definition) is 9. The maximum Gasteiger partial charge on any atom is 0.490 e. The lowest BCUT2D eigenvalue weighted by molar-refractivity contribution is -0.192. The molecule has 0 radical (unpaired) electrons. The van der Waals surface area contributed by atoms with E-state index in [0.29, 0.717) is 6.54 Å². The highest BCUT2D eigenvalue weighted by Crippen LogP contribution is 2.26. The van der Waals surface area contributed by atoms with Crippen LogP contribution in [0.4, 0.5) is 24.8 Å². The molecule has 3 rings (SSSR count). The monoisotopic (exact) mass is 478 g/mol. The Bertz CT molecular complexity index is 768.